The van der Waals surface area contributed by atoms with Gasteiger partial charge in [-0.1, -0.05) is 18.2 Å². The minimum absolute atomic E-state index is 0.0683. The molecule has 0 heterocycles. The molecule has 0 aromatic heterocycles. The summed E-state index contributed by atoms with van der Waals surface area (Å²) in [5, 5.41) is 19.7. The highest BCUT2D eigenvalue weighted by Crippen LogP contribution is 2.29. The Morgan fingerprint density at radius 3 is 2.70 bits per heavy atom. The second-order valence-electron chi connectivity index (χ2n) is 4.49. The minimum atomic E-state index is -1.10. The summed E-state index contributed by atoms with van der Waals surface area (Å²) in [6.45, 7) is 6.12. The third kappa shape index (κ3) is 4.24. The number of benzene rings is 1. The number of carboxylic acids is 1. The number of nitro benzene ring substituents is 1. The average molecular weight is 276 g/mol. The van der Waals surface area contributed by atoms with Crippen molar-refractivity contribution in [3.05, 3.63) is 52.1 Å². The smallest absolute Gasteiger partial charge is 0.328 e. The van der Waals surface area contributed by atoms with Crippen LogP contribution in [0.3, 0.4) is 0 Å². The predicted octanol–water partition coefficient (Wildman–Crippen LogP) is 2.70. The van der Waals surface area contributed by atoms with Gasteiger partial charge in [-0.05, 0) is 24.6 Å². The van der Waals surface area contributed by atoms with Gasteiger partial charge in [-0.15, -0.1) is 0 Å². The van der Waals surface area contributed by atoms with E-state index in [9.17, 15) is 14.9 Å². The van der Waals surface area contributed by atoms with Gasteiger partial charge in [-0.25, -0.2) is 4.79 Å². The Bertz CT molecular complexity index is 579. The highest BCUT2D eigenvalue weighted by atomic mass is 16.6. The van der Waals surface area contributed by atoms with Gasteiger partial charge in [0.05, 0.1) is 4.92 Å². The molecule has 0 unspecified atom stereocenters. The Kier molecular flexibility index (Phi) is 5.02. The van der Waals surface area contributed by atoms with E-state index >= 15 is 0 Å². The molecule has 0 saturated heterocycles. The summed E-state index contributed by atoms with van der Waals surface area (Å²) in [6.07, 6.45) is 2.26. The van der Waals surface area contributed by atoms with Crippen LogP contribution in [-0.4, -0.2) is 29.6 Å². The van der Waals surface area contributed by atoms with Crippen LogP contribution < -0.4 is 4.90 Å². The van der Waals surface area contributed by atoms with E-state index in [0.29, 0.717) is 17.8 Å². The van der Waals surface area contributed by atoms with Crippen LogP contribution in [-0.2, 0) is 4.79 Å². The molecular weight excluding hydrogens is 260 g/mol. The van der Waals surface area contributed by atoms with Gasteiger partial charge in [0.2, 0.25) is 0 Å². The minimum Gasteiger partial charge on any atom is -0.478 e. The molecule has 6 nitrogen and oxygen atoms in total. The zero-order valence-electron chi connectivity index (χ0n) is 11.4. The molecule has 1 rings (SSSR count). The van der Waals surface area contributed by atoms with Crippen LogP contribution in [0.15, 0.2) is 36.4 Å². The average Bonchev–Trinajstić information content (AvgIpc) is 2.35. The van der Waals surface area contributed by atoms with Gasteiger partial charge in [-0.3, -0.25) is 10.1 Å². The van der Waals surface area contributed by atoms with Crippen molar-refractivity contribution >= 4 is 23.4 Å². The summed E-state index contributed by atoms with van der Waals surface area (Å²) in [5.41, 5.74) is 1.75. The van der Waals surface area contributed by atoms with E-state index in [4.69, 9.17) is 5.11 Å². The van der Waals surface area contributed by atoms with Crippen molar-refractivity contribution in [1.82, 2.24) is 0 Å². The first kappa shape index (κ1) is 15.4. The molecule has 1 aromatic carbocycles. The van der Waals surface area contributed by atoms with Crippen LogP contribution in [0.5, 0.6) is 0 Å². The van der Waals surface area contributed by atoms with Crippen molar-refractivity contribution in [2.24, 2.45) is 0 Å². The molecule has 6 heteroatoms. The van der Waals surface area contributed by atoms with Crippen molar-refractivity contribution in [2.45, 2.75) is 6.92 Å². The molecule has 0 saturated carbocycles. The number of rotatable bonds is 6. The number of nitro groups is 1. The molecule has 0 atom stereocenters. The van der Waals surface area contributed by atoms with Crippen LogP contribution >= 0.6 is 0 Å². The Labute approximate surface area is 116 Å². The lowest BCUT2D eigenvalue weighted by Crippen LogP contribution is -2.20. The molecule has 0 aliphatic heterocycles. The fourth-order valence-electron chi connectivity index (χ4n) is 1.77. The fraction of sp³-hybridized carbons (Fsp3) is 0.214. The molecule has 0 aliphatic carbocycles. The summed E-state index contributed by atoms with van der Waals surface area (Å²) < 4.78 is 0. The van der Waals surface area contributed by atoms with Crippen LogP contribution in [0, 0.1) is 10.1 Å². The number of carbonyl (C=O) groups is 1. The maximum Gasteiger partial charge on any atom is 0.328 e. The topological polar surface area (TPSA) is 83.7 Å². The predicted molar refractivity (Wildman–Crippen MR) is 77.9 cm³/mol. The molecule has 0 aliphatic rings. The van der Waals surface area contributed by atoms with Crippen molar-refractivity contribution in [3.63, 3.8) is 0 Å². The van der Waals surface area contributed by atoms with Crippen LogP contribution in [0.1, 0.15) is 12.5 Å². The third-order valence-corrected chi connectivity index (χ3v) is 2.53. The molecule has 0 bridgehead atoms. The first-order valence-electron chi connectivity index (χ1n) is 5.86. The largest absolute Gasteiger partial charge is 0.478 e. The summed E-state index contributed by atoms with van der Waals surface area (Å²) in [5.74, 6) is -1.10. The molecule has 0 amide bonds. The lowest BCUT2D eigenvalue weighted by molar-refractivity contribution is -0.384. The molecule has 1 aromatic rings. The SMILES string of the molecule is C=C(C)CN(C)c1ccc(/C=C/C(=O)O)cc1[N+](=O)[O-]. The standard InChI is InChI=1S/C14H16N2O4/c1-10(2)9-15(3)12-6-4-11(5-7-14(17)18)8-13(12)16(19)20/h4-8H,1,9H2,2-3H3,(H,17,18)/b7-5+. The highest BCUT2D eigenvalue weighted by Gasteiger charge is 2.17. The normalized spacial score (nSPS) is 10.5. The Balaban J connectivity index is 3.17. The van der Waals surface area contributed by atoms with Crippen molar-refractivity contribution in [1.29, 1.82) is 0 Å². The quantitative estimate of drug-likeness (QED) is 0.374. The van der Waals surface area contributed by atoms with Crippen LogP contribution in [0.4, 0.5) is 11.4 Å². The first-order valence-corrected chi connectivity index (χ1v) is 5.86. The maximum absolute atomic E-state index is 11.1. The number of hydrogen-bond acceptors (Lipinski definition) is 4. The van der Waals surface area contributed by atoms with E-state index in [-0.39, 0.29) is 5.69 Å². The first-order chi connectivity index (χ1) is 9.31. The molecule has 0 spiro atoms. The van der Waals surface area contributed by atoms with Gasteiger partial charge in [0.1, 0.15) is 5.69 Å². The summed E-state index contributed by atoms with van der Waals surface area (Å²) in [7, 11) is 1.74. The fourth-order valence-corrected chi connectivity index (χ4v) is 1.77. The second kappa shape index (κ2) is 6.51. The molecule has 20 heavy (non-hydrogen) atoms. The number of nitrogens with zero attached hydrogens (tertiary/aromatic N) is 2. The maximum atomic E-state index is 11.1. The number of hydrogen-bond donors (Lipinski definition) is 1. The van der Waals surface area contributed by atoms with Crippen molar-refractivity contribution in [3.8, 4) is 0 Å². The van der Waals surface area contributed by atoms with E-state index in [0.717, 1.165) is 11.6 Å². The second-order valence-corrected chi connectivity index (χ2v) is 4.49. The van der Waals surface area contributed by atoms with Crippen LogP contribution in [0.25, 0.3) is 6.08 Å². The molecule has 1 N–H and O–H groups in total. The zero-order valence-corrected chi connectivity index (χ0v) is 11.4. The summed E-state index contributed by atoms with van der Waals surface area (Å²) >= 11 is 0. The van der Waals surface area contributed by atoms with Gasteiger partial charge in [0, 0.05) is 25.7 Å². The van der Waals surface area contributed by atoms with Crippen molar-refractivity contribution < 1.29 is 14.8 Å². The van der Waals surface area contributed by atoms with Gasteiger partial charge in [0.25, 0.3) is 5.69 Å². The third-order valence-electron chi connectivity index (χ3n) is 2.53. The zero-order chi connectivity index (χ0) is 15.3. The molecular formula is C14H16N2O4. The van der Waals surface area contributed by atoms with Gasteiger partial charge in [-0.2, -0.15) is 0 Å². The number of anilines is 1. The van der Waals surface area contributed by atoms with E-state index in [1.54, 1.807) is 24.1 Å². The Hall–Kier alpha value is -2.63. The summed E-state index contributed by atoms with van der Waals surface area (Å²) in [4.78, 5) is 22.8. The molecule has 0 radical (unpaired) electrons. The number of likely N-dealkylation sites (N-methyl/N-ethyl adjacent to an activating group) is 1. The van der Waals surface area contributed by atoms with Gasteiger partial charge in [0.15, 0.2) is 0 Å². The molecule has 106 valence electrons. The van der Waals surface area contributed by atoms with E-state index < -0.39 is 10.9 Å². The lowest BCUT2D eigenvalue weighted by Gasteiger charge is -2.19. The number of carboxylic acid groups (broad SMARTS) is 1. The van der Waals surface area contributed by atoms with Gasteiger partial charge >= 0.3 is 5.97 Å². The monoisotopic (exact) mass is 276 g/mol. The van der Waals surface area contributed by atoms with E-state index in [2.05, 4.69) is 6.58 Å². The number of aliphatic carboxylic acids is 1. The summed E-state index contributed by atoms with van der Waals surface area (Å²) in [6, 6.07) is 4.59. The van der Waals surface area contributed by atoms with E-state index in [1.807, 2.05) is 6.92 Å². The highest BCUT2D eigenvalue weighted by molar-refractivity contribution is 5.85. The molecule has 0 fully saturated rings. The van der Waals surface area contributed by atoms with Crippen molar-refractivity contribution in [2.75, 3.05) is 18.5 Å². The Morgan fingerprint density at radius 1 is 1.55 bits per heavy atom. The van der Waals surface area contributed by atoms with Gasteiger partial charge < -0.3 is 10.0 Å². The van der Waals surface area contributed by atoms with Crippen LogP contribution in [0.2, 0.25) is 0 Å². The lowest BCUT2D eigenvalue weighted by atomic mass is 10.1. The Morgan fingerprint density at radius 2 is 2.20 bits per heavy atom. The van der Waals surface area contributed by atoms with E-state index in [1.165, 1.54) is 12.1 Å².